The van der Waals surface area contributed by atoms with Crippen molar-refractivity contribution in [3.8, 4) is 5.88 Å². The highest BCUT2D eigenvalue weighted by Crippen LogP contribution is 2.29. The molecule has 0 radical (unpaired) electrons. The third-order valence-electron chi connectivity index (χ3n) is 4.07. The Morgan fingerprint density at radius 2 is 1.86 bits per heavy atom. The lowest BCUT2D eigenvalue weighted by Crippen LogP contribution is -2.20. The fourth-order valence-corrected chi connectivity index (χ4v) is 2.89. The van der Waals surface area contributed by atoms with Crippen molar-refractivity contribution in [3.63, 3.8) is 0 Å². The number of nitrogens with one attached hydrogen (secondary N) is 1. The highest BCUT2D eigenvalue weighted by molar-refractivity contribution is 6.17. The number of carboxylic acid groups (broad SMARTS) is 1. The van der Waals surface area contributed by atoms with E-state index in [0.717, 1.165) is 12.1 Å². The Balaban J connectivity index is 2.05. The minimum Gasteiger partial charge on any atom is -0.478 e. The van der Waals surface area contributed by atoms with E-state index < -0.39 is 29.1 Å². The number of ketones is 1. The molecule has 28 heavy (non-hydrogen) atoms. The van der Waals surface area contributed by atoms with Crippen molar-refractivity contribution in [2.75, 3.05) is 6.61 Å². The molecule has 8 heteroatoms. The van der Waals surface area contributed by atoms with Gasteiger partial charge in [0.25, 0.3) is 0 Å². The number of pyridine rings is 1. The summed E-state index contributed by atoms with van der Waals surface area (Å²) in [7, 11) is 0. The summed E-state index contributed by atoms with van der Waals surface area (Å²) in [5.41, 5.74) is -0.536. The van der Waals surface area contributed by atoms with Gasteiger partial charge in [-0.05, 0) is 42.1 Å². The van der Waals surface area contributed by atoms with E-state index in [4.69, 9.17) is 9.84 Å². The van der Waals surface area contributed by atoms with Gasteiger partial charge in [-0.1, -0.05) is 12.1 Å². The van der Waals surface area contributed by atoms with E-state index in [9.17, 15) is 18.4 Å². The van der Waals surface area contributed by atoms with Crippen LogP contribution in [0, 0.1) is 11.6 Å². The Bertz CT molecular complexity index is 1050. The van der Waals surface area contributed by atoms with E-state index in [-0.39, 0.29) is 17.7 Å². The highest BCUT2D eigenvalue weighted by Gasteiger charge is 2.22. The van der Waals surface area contributed by atoms with Gasteiger partial charge in [0.05, 0.1) is 12.2 Å². The monoisotopic (exact) mass is 386 g/mol. The molecule has 0 atom stereocenters. The van der Waals surface area contributed by atoms with Gasteiger partial charge in [-0.25, -0.2) is 18.6 Å². The van der Waals surface area contributed by atoms with Crippen molar-refractivity contribution in [1.29, 1.82) is 0 Å². The lowest BCUT2D eigenvalue weighted by molar-refractivity contribution is 0.103. The lowest BCUT2D eigenvalue weighted by Gasteiger charge is -2.11. The Labute approximate surface area is 158 Å². The zero-order valence-corrected chi connectivity index (χ0v) is 14.8. The van der Waals surface area contributed by atoms with Crippen LogP contribution in [0.4, 0.5) is 13.6 Å². The van der Waals surface area contributed by atoms with Gasteiger partial charge >= 0.3 is 6.09 Å². The molecule has 3 rings (SSSR count). The fraction of sp³-hybridized carbons (Fsp3) is 0.150. The number of ether oxygens (including phenoxy) is 1. The van der Waals surface area contributed by atoms with Gasteiger partial charge in [-0.2, -0.15) is 0 Å². The molecule has 0 saturated heterocycles. The Morgan fingerprint density at radius 1 is 1.14 bits per heavy atom. The largest absolute Gasteiger partial charge is 0.478 e. The van der Waals surface area contributed by atoms with Crippen LogP contribution in [0.5, 0.6) is 5.88 Å². The van der Waals surface area contributed by atoms with E-state index in [2.05, 4.69) is 4.98 Å². The number of halogens is 2. The minimum atomic E-state index is -1.32. The van der Waals surface area contributed by atoms with Crippen molar-refractivity contribution in [2.45, 2.75) is 13.5 Å². The average molecular weight is 386 g/mol. The van der Waals surface area contributed by atoms with Crippen LogP contribution in [0.3, 0.4) is 0 Å². The van der Waals surface area contributed by atoms with Gasteiger partial charge in [0.15, 0.2) is 5.78 Å². The summed E-state index contributed by atoms with van der Waals surface area (Å²) in [6.45, 7) is 1.88. The number of rotatable bonds is 6. The quantitative estimate of drug-likeness (QED) is 0.627. The number of hydrogen-bond donors (Lipinski definition) is 2. The van der Waals surface area contributed by atoms with E-state index in [0.29, 0.717) is 23.3 Å². The number of amides is 1. The van der Waals surface area contributed by atoms with Crippen LogP contribution in [0.2, 0.25) is 0 Å². The molecule has 1 heterocycles. The number of nitrogens with zero attached hydrogens (tertiary/aromatic N) is 1. The second kappa shape index (κ2) is 7.99. The molecule has 3 aromatic rings. The topological polar surface area (TPSA) is 88.5 Å². The first-order chi connectivity index (χ1) is 13.4. The van der Waals surface area contributed by atoms with E-state index >= 15 is 0 Å². The molecule has 0 fully saturated rings. The van der Waals surface area contributed by atoms with Crippen LogP contribution < -0.4 is 10.1 Å². The summed E-state index contributed by atoms with van der Waals surface area (Å²) in [5.74, 6) is -2.63. The molecule has 0 bridgehead atoms. The maximum atomic E-state index is 14.5. The van der Waals surface area contributed by atoms with Crippen molar-refractivity contribution in [3.05, 3.63) is 70.9 Å². The van der Waals surface area contributed by atoms with Gasteiger partial charge < -0.3 is 15.2 Å². The smallest absolute Gasteiger partial charge is 0.404 e. The Morgan fingerprint density at radius 3 is 2.50 bits per heavy atom. The first-order valence-electron chi connectivity index (χ1n) is 8.42. The summed E-state index contributed by atoms with van der Waals surface area (Å²) in [4.78, 5) is 27.5. The summed E-state index contributed by atoms with van der Waals surface area (Å²) >= 11 is 0. The molecular formula is C20H16F2N2O4. The van der Waals surface area contributed by atoms with E-state index in [1.807, 2.05) is 5.32 Å². The summed E-state index contributed by atoms with van der Waals surface area (Å²) < 4.78 is 34.4. The van der Waals surface area contributed by atoms with Gasteiger partial charge in [0.1, 0.15) is 11.6 Å². The van der Waals surface area contributed by atoms with Crippen LogP contribution in [0.25, 0.3) is 10.8 Å². The SMILES string of the molecule is CCOc1nccc2c(C(=O)c3c(F)cc(CNC(=O)O)cc3F)cccc12. The molecule has 2 aromatic carbocycles. The third-order valence-corrected chi connectivity index (χ3v) is 4.07. The predicted octanol–water partition coefficient (Wildman–Crippen LogP) is 3.91. The van der Waals surface area contributed by atoms with Gasteiger partial charge in [0.2, 0.25) is 5.88 Å². The standard InChI is InChI=1S/C20H16F2N2O4/c1-2-28-19-14-5-3-4-13(12(14)6-7-23-19)18(25)17-15(21)8-11(9-16(17)22)10-24-20(26)27/h3-9,24H,2,10H2,1H3,(H,26,27). The van der Waals surface area contributed by atoms with Gasteiger partial charge in [-0.3, -0.25) is 4.79 Å². The number of fused-ring (bicyclic) bond motifs is 1. The van der Waals surface area contributed by atoms with Gasteiger partial charge in [0, 0.05) is 23.7 Å². The molecule has 6 nitrogen and oxygen atoms in total. The number of carbonyl (C=O) groups excluding carboxylic acids is 1. The minimum absolute atomic E-state index is 0.0645. The Hall–Kier alpha value is -3.55. The van der Waals surface area contributed by atoms with Crippen molar-refractivity contribution in [2.24, 2.45) is 0 Å². The second-order valence-electron chi connectivity index (χ2n) is 5.87. The van der Waals surface area contributed by atoms with Crippen LogP contribution >= 0.6 is 0 Å². The lowest BCUT2D eigenvalue weighted by atomic mass is 9.96. The van der Waals surface area contributed by atoms with Crippen LogP contribution in [0.1, 0.15) is 28.4 Å². The first kappa shape index (κ1) is 19.2. The number of aromatic nitrogens is 1. The van der Waals surface area contributed by atoms with Crippen molar-refractivity contribution < 1.29 is 28.2 Å². The predicted molar refractivity (Wildman–Crippen MR) is 97.6 cm³/mol. The molecular weight excluding hydrogens is 370 g/mol. The summed E-state index contributed by atoms with van der Waals surface area (Å²) in [6.07, 6.45) is 0.132. The molecule has 2 N–H and O–H groups in total. The average Bonchev–Trinajstić information content (AvgIpc) is 2.66. The third kappa shape index (κ3) is 3.75. The van der Waals surface area contributed by atoms with Crippen LogP contribution in [-0.4, -0.2) is 28.6 Å². The molecule has 0 unspecified atom stereocenters. The normalized spacial score (nSPS) is 10.7. The molecule has 0 spiro atoms. The Kier molecular flexibility index (Phi) is 5.49. The number of carbonyl (C=O) groups is 2. The first-order valence-corrected chi connectivity index (χ1v) is 8.42. The zero-order valence-electron chi connectivity index (χ0n) is 14.8. The summed E-state index contributed by atoms with van der Waals surface area (Å²) in [6, 6.07) is 8.21. The van der Waals surface area contributed by atoms with Gasteiger partial charge in [-0.15, -0.1) is 0 Å². The molecule has 144 valence electrons. The molecule has 0 saturated carbocycles. The maximum absolute atomic E-state index is 14.5. The van der Waals surface area contributed by atoms with E-state index in [1.165, 1.54) is 12.3 Å². The van der Waals surface area contributed by atoms with Crippen molar-refractivity contribution >= 4 is 22.6 Å². The second-order valence-corrected chi connectivity index (χ2v) is 5.87. The molecule has 1 amide bonds. The summed E-state index contributed by atoms with van der Waals surface area (Å²) in [5, 5.41) is 11.6. The zero-order chi connectivity index (χ0) is 20.3. The van der Waals surface area contributed by atoms with Crippen molar-refractivity contribution in [1.82, 2.24) is 10.3 Å². The number of benzene rings is 2. The molecule has 0 aliphatic rings. The highest BCUT2D eigenvalue weighted by atomic mass is 19.1. The molecule has 0 aliphatic carbocycles. The van der Waals surface area contributed by atoms with Crippen LogP contribution in [-0.2, 0) is 6.54 Å². The van der Waals surface area contributed by atoms with E-state index in [1.54, 1.807) is 25.1 Å². The maximum Gasteiger partial charge on any atom is 0.404 e. The molecule has 0 aliphatic heterocycles. The van der Waals surface area contributed by atoms with Crippen LogP contribution in [0.15, 0.2) is 42.6 Å². The number of hydrogen-bond acceptors (Lipinski definition) is 4. The fourth-order valence-electron chi connectivity index (χ4n) is 2.89. The molecule has 1 aromatic heterocycles.